The maximum Gasteiger partial charge on any atom is 0.253 e. The first-order valence-electron chi connectivity index (χ1n) is 7.62. The van der Waals surface area contributed by atoms with Crippen LogP contribution >= 0.6 is 0 Å². The van der Waals surface area contributed by atoms with Crippen LogP contribution in [0.4, 0.5) is 11.4 Å². The molecule has 0 aliphatic heterocycles. The number of primary amides is 1. The van der Waals surface area contributed by atoms with E-state index in [1.165, 1.54) is 4.90 Å². The van der Waals surface area contributed by atoms with Crippen molar-refractivity contribution in [2.24, 2.45) is 5.73 Å². The summed E-state index contributed by atoms with van der Waals surface area (Å²) < 4.78 is 0. The molecule has 2 aromatic rings. The first kappa shape index (κ1) is 18.0. The normalized spacial score (nSPS) is 10.0. The van der Waals surface area contributed by atoms with Gasteiger partial charge in [0.15, 0.2) is 0 Å². The van der Waals surface area contributed by atoms with E-state index in [1.54, 1.807) is 62.6 Å². The molecule has 2 aromatic carbocycles. The van der Waals surface area contributed by atoms with Gasteiger partial charge in [-0.05, 0) is 42.5 Å². The van der Waals surface area contributed by atoms with Gasteiger partial charge in [0, 0.05) is 36.6 Å². The third-order valence-electron chi connectivity index (χ3n) is 3.42. The zero-order chi connectivity index (χ0) is 18.4. The highest BCUT2D eigenvalue weighted by Gasteiger charge is 2.09. The van der Waals surface area contributed by atoms with Gasteiger partial charge in [-0.2, -0.15) is 0 Å². The lowest BCUT2D eigenvalue weighted by molar-refractivity contribution is -0.114. The zero-order valence-electron chi connectivity index (χ0n) is 14.1. The molecule has 0 unspecified atom stereocenters. The standard InChI is InChI=1S/C18H20N4O3/c1-22(2)18(25)13-4-3-5-15(10-13)21-16(23)11-20-14-8-6-12(7-9-14)17(19)24/h3-10,20H,11H2,1-2H3,(H2,19,24)(H,21,23). The summed E-state index contributed by atoms with van der Waals surface area (Å²) in [4.78, 5) is 36.4. The third-order valence-corrected chi connectivity index (χ3v) is 3.42. The number of hydrogen-bond acceptors (Lipinski definition) is 4. The lowest BCUT2D eigenvalue weighted by Crippen LogP contribution is -2.23. The summed E-state index contributed by atoms with van der Waals surface area (Å²) in [6.45, 7) is 0.0434. The Balaban J connectivity index is 1.93. The van der Waals surface area contributed by atoms with E-state index in [0.717, 1.165) is 0 Å². The Hall–Kier alpha value is -3.35. The van der Waals surface area contributed by atoms with Gasteiger partial charge < -0.3 is 21.3 Å². The molecule has 0 aliphatic rings. The fraction of sp³-hybridized carbons (Fsp3) is 0.167. The van der Waals surface area contributed by atoms with E-state index >= 15 is 0 Å². The molecule has 0 radical (unpaired) electrons. The topological polar surface area (TPSA) is 105 Å². The average molecular weight is 340 g/mol. The highest BCUT2D eigenvalue weighted by Crippen LogP contribution is 2.13. The number of nitrogens with zero attached hydrogens (tertiary/aromatic N) is 1. The number of carbonyl (C=O) groups excluding carboxylic acids is 3. The van der Waals surface area contributed by atoms with E-state index < -0.39 is 5.91 Å². The van der Waals surface area contributed by atoms with Crippen molar-refractivity contribution < 1.29 is 14.4 Å². The number of hydrogen-bond donors (Lipinski definition) is 3. The molecule has 7 heteroatoms. The number of amides is 3. The Bertz CT molecular complexity index is 785. The van der Waals surface area contributed by atoms with Crippen molar-refractivity contribution in [3.63, 3.8) is 0 Å². The van der Waals surface area contributed by atoms with Crippen molar-refractivity contribution in [2.75, 3.05) is 31.3 Å². The maximum absolute atomic E-state index is 12.0. The summed E-state index contributed by atoms with van der Waals surface area (Å²) in [5, 5.41) is 5.68. The van der Waals surface area contributed by atoms with Crippen LogP contribution in [0.5, 0.6) is 0 Å². The minimum absolute atomic E-state index is 0.0434. The fourth-order valence-corrected chi connectivity index (χ4v) is 2.13. The van der Waals surface area contributed by atoms with E-state index in [0.29, 0.717) is 22.5 Å². The van der Waals surface area contributed by atoms with Gasteiger partial charge in [0.05, 0.1) is 6.54 Å². The highest BCUT2D eigenvalue weighted by molar-refractivity contribution is 5.98. The SMILES string of the molecule is CN(C)C(=O)c1cccc(NC(=O)CNc2ccc(C(N)=O)cc2)c1. The molecule has 0 bridgehead atoms. The Morgan fingerprint density at radius 2 is 1.64 bits per heavy atom. The summed E-state index contributed by atoms with van der Waals surface area (Å²) in [6, 6.07) is 13.2. The van der Waals surface area contributed by atoms with Crippen molar-refractivity contribution in [3.8, 4) is 0 Å². The quantitative estimate of drug-likeness (QED) is 0.742. The Kier molecular flexibility index (Phi) is 5.73. The average Bonchev–Trinajstić information content (AvgIpc) is 2.59. The van der Waals surface area contributed by atoms with Gasteiger partial charge in [-0.3, -0.25) is 14.4 Å². The number of nitrogens with one attached hydrogen (secondary N) is 2. The molecule has 0 spiro atoms. The molecular formula is C18H20N4O3. The molecule has 0 saturated heterocycles. The third kappa shape index (κ3) is 5.07. The molecule has 130 valence electrons. The molecule has 0 aromatic heterocycles. The molecule has 3 amide bonds. The number of benzene rings is 2. The van der Waals surface area contributed by atoms with Crippen LogP contribution in [0, 0.1) is 0 Å². The van der Waals surface area contributed by atoms with Gasteiger partial charge >= 0.3 is 0 Å². The van der Waals surface area contributed by atoms with Crippen molar-refractivity contribution in [1.29, 1.82) is 0 Å². The molecule has 0 saturated carbocycles. The van der Waals surface area contributed by atoms with Crippen LogP contribution in [-0.2, 0) is 4.79 Å². The van der Waals surface area contributed by atoms with Crippen LogP contribution in [0.25, 0.3) is 0 Å². The summed E-state index contributed by atoms with van der Waals surface area (Å²) >= 11 is 0. The monoisotopic (exact) mass is 340 g/mol. The van der Waals surface area contributed by atoms with Crippen LogP contribution in [0.1, 0.15) is 20.7 Å². The largest absolute Gasteiger partial charge is 0.376 e. The Morgan fingerprint density at radius 3 is 2.24 bits per heavy atom. The van der Waals surface area contributed by atoms with Crippen molar-refractivity contribution >= 4 is 29.1 Å². The maximum atomic E-state index is 12.0. The predicted octanol–water partition coefficient (Wildman–Crippen LogP) is 1.54. The van der Waals surface area contributed by atoms with E-state index in [9.17, 15) is 14.4 Å². The smallest absolute Gasteiger partial charge is 0.253 e. The van der Waals surface area contributed by atoms with Crippen molar-refractivity contribution in [1.82, 2.24) is 4.90 Å². The second-order valence-corrected chi connectivity index (χ2v) is 5.62. The highest BCUT2D eigenvalue weighted by atomic mass is 16.2. The van der Waals surface area contributed by atoms with Crippen LogP contribution in [0.2, 0.25) is 0 Å². The van der Waals surface area contributed by atoms with Gasteiger partial charge in [-0.15, -0.1) is 0 Å². The molecule has 0 aliphatic carbocycles. The molecular weight excluding hydrogens is 320 g/mol. The van der Waals surface area contributed by atoms with Crippen molar-refractivity contribution in [3.05, 3.63) is 59.7 Å². The minimum Gasteiger partial charge on any atom is -0.376 e. The number of carbonyl (C=O) groups is 3. The van der Waals surface area contributed by atoms with Crippen LogP contribution in [0.15, 0.2) is 48.5 Å². The summed E-state index contributed by atoms with van der Waals surface area (Å²) in [6.07, 6.45) is 0. The number of nitrogens with two attached hydrogens (primary N) is 1. The van der Waals surface area contributed by atoms with Crippen LogP contribution in [-0.4, -0.2) is 43.3 Å². The lowest BCUT2D eigenvalue weighted by atomic mass is 10.2. The van der Waals surface area contributed by atoms with E-state index in [1.807, 2.05) is 0 Å². The fourth-order valence-electron chi connectivity index (χ4n) is 2.13. The summed E-state index contributed by atoms with van der Waals surface area (Å²) in [5.41, 5.74) is 7.31. The van der Waals surface area contributed by atoms with Gasteiger partial charge in [0.1, 0.15) is 0 Å². The molecule has 7 nitrogen and oxygen atoms in total. The number of anilines is 2. The van der Waals surface area contributed by atoms with E-state index in [2.05, 4.69) is 10.6 Å². The Morgan fingerprint density at radius 1 is 0.960 bits per heavy atom. The first-order valence-corrected chi connectivity index (χ1v) is 7.62. The van der Waals surface area contributed by atoms with Gasteiger partial charge in [-0.1, -0.05) is 6.07 Å². The number of rotatable bonds is 6. The van der Waals surface area contributed by atoms with E-state index in [4.69, 9.17) is 5.73 Å². The summed E-state index contributed by atoms with van der Waals surface area (Å²) in [7, 11) is 3.34. The van der Waals surface area contributed by atoms with E-state index in [-0.39, 0.29) is 18.4 Å². The molecule has 4 N–H and O–H groups in total. The van der Waals surface area contributed by atoms with Gasteiger partial charge in [-0.25, -0.2) is 0 Å². The second kappa shape index (κ2) is 7.96. The predicted molar refractivity (Wildman–Crippen MR) is 96.5 cm³/mol. The molecule has 0 heterocycles. The minimum atomic E-state index is -0.503. The lowest BCUT2D eigenvalue weighted by Gasteiger charge is -2.12. The first-order chi connectivity index (χ1) is 11.9. The molecule has 25 heavy (non-hydrogen) atoms. The molecule has 2 rings (SSSR count). The second-order valence-electron chi connectivity index (χ2n) is 5.62. The Labute approximate surface area is 145 Å². The molecule has 0 atom stereocenters. The molecule has 0 fully saturated rings. The van der Waals surface area contributed by atoms with Gasteiger partial charge in [0.2, 0.25) is 11.8 Å². The summed E-state index contributed by atoms with van der Waals surface area (Å²) in [5.74, 6) is -0.895. The van der Waals surface area contributed by atoms with Crippen molar-refractivity contribution in [2.45, 2.75) is 0 Å². The van der Waals surface area contributed by atoms with Gasteiger partial charge in [0.25, 0.3) is 5.91 Å². The van der Waals surface area contributed by atoms with Crippen LogP contribution in [0.3, 0.4) is 0 Å². The van der Waals surface area contributed by atoms with Crippen LogP contribution < -0.4 is 16.4 Å². The zero-order valence-corrected chi connectivity index (χ0v) is 14.1.